The summed E-state index contributed by atoms with van der Waals surface area (Å²) < 4.78 is 227. The third kappa shape index (κ3) is 5.53. The smallest absolute Gasteiger partial charge is 0.423 e. The SMILES string of the molecule is Nc1c(F)c(F)c(C(F)(F)F)c(Oc2cc(Oc3c(F)c(N)c(F)c(F)c3C(F)(F)F)c(C(F)(F)F)cc2F)c1F. The molecule has 20 heteroatoms. The van der Waals surface area contributed by atoms with E-state index in [1.165, 1.54) is 0 Å². The monoisotopic (exact) mass is 622 g/mol. The molecule has 0 heterocycles. The number of nitrogens with two attached hydrogens (primary N) is 2. The fraction of sp³-hybridized carbons (Fsp3) is 0.143. The summed E-state index contributed by atoms with van der Waals surface area (Å²) in [5.74, 6) is -27.9. The van der Waals surface area contributed by atoms with Gasteiger partial charge < -0.3 is 20.9 Å². The number of nitrogen functional groups attached to an aromatic ring is 2. The van der Waals surface area contributed by atoms with Gasteiger partial charge in [-0.1, -0.05) is 0 Å². The second kappa shape index (κ2) is 9.98. The molecule has 0 fully saturated rings. The molecule has 0 radical (unpaired) electrons. The predicted molar refractivity (Wildman–Crippen MR) is 103 cm³/mol. The third-order valence-corrected chi connectivity index (χ3v) is 4.95. The molecule has 0 saturated carbocycles. The average molecular weight is 622 g/mol. The normalized spacial score (nSPS) is 12.6. The first kappa shape index (κ1) is 31.3. The van der Waals surface area contributed by atoms with Crippen LogP contribution in [-0.2, 0) is 18.5 Å². The summed E-state index contributed by atoms with van der Waals surface area (Å²) >= 11 is 0. The first-order valence-electron chi connectivity index (χ1n) is 9.82. The molecule has 0 aromatic heterocycles. The van der Waals surface area contributed by atoms with E-state index in [-0.39, 0.29) is 0 Å². The third-order valence-electron chi connectivity index (χ3n) is 4.95. The molecule has 41 heavy (non-hydrogen) atoms. The Balaban J connectivity index is 2.35. The Bertz CT molecular complexity index is 1540. The van der Waals surface area contributed by atoms with E-state index >= 15 is 0 Å². The van der Waals surface area contributed by atoms with Gasteiger partial charge in [-0.3, -0.25) is 0 Å². The highest BCUT2D eigenvalue weighted by Gasteiger charge is 2.45. The maximum atomic E-state index is 14.5. The molecular formula is C21H6F16N2O2. The highest BCUT2D eigenvalue weighted by molar-refractivity contribution is 5.58. The lowest BCUT2D eigenvalue weighted by atomic mass is 10.1. The maximum absolute atomic E-state index is 14.5. The van der Waals surface area contributed by atoms with Gasteiger partial charge in [-0.15, -0.1) is 0 Å². The fourth-order valence-corrected chi connectivity index (χ4v) is 3.15. The Hall–Kier alpha value is -4.26. The van der Waals surface area contributed by atoms with Crippen molar-refractivity contribution in [3.05, 3.63) is 69.5 Å². The topological polar surface area (TPSA) is 70.5 Å². The molecule has 0 spiro atoms. The zero-order valence-corrected chi connectivity index (χ0v) is 18.7. The van der Waals surface area contributed by atoms with Crippen molar-refractivity contribution in [1.82, 2.24) is 0 Å². The van der Waals surface area contributed by atoms with E-state index in [1.807, 2.05) is 0 Å². The van der Waals surface area contributed by atoms with Gasteiger partial charge in [-0.05, 0) is 6.07 Å². The van der Waals surface area contributed by atoms with E-state index in [9.17, 15) is 70.2 Å². The van der Waals surface area contributed by atoms with Crippen molar-refractivity contribution in [3.8, 4) is 23.0 Å². The first-order valence-corrected chi connectivity index (χ1v) is 9.82. The molecule has 3 aromatic carbocycles. The van der Waals surface area contributed by atoms with E-state index in [2.05, 4.69) is 9.47 Å². The summed E-state index contributed by atoms with van der Waals surface area (Å²) in [5.41, 5.74) is -2.85. The van der Waals surface area contributed by atoms with Crippen LogP contribution in [0, 0.1) is 40.7 Å². The van der Waals surface area contributed by atoms with Gasteiger partial charge in [0, 0.05) is 6.07 Å². The number of rotatable bonds is 4. The Morgan fingerprint density at radius 1 is 0.463 bits per heavy atom. The molecular weight excluding hydrogens is 616 g/mol. The molecule has 0 aliphatic carbocycles. The summed E-state index contributed by atoms with van der Waals surface area (Å²) in [5, 5.41) is 0. The van der Waals surface area contributed by atoms with Crippen LogP contribution < -0.4 is 20.9 Å². The molecule has 4 nitrogen and oxygen atoms in total. The van der Waals surface area contributed by atoms with Crippen molar-refractivity contribution in [2.24, 2.45) is 0 Å². The van der Waals surface area contributed by atoms with Crippen LogP contribution in [0.3, 0.4) is 0 Å². The van der Waals surface area contributed by atoms with Crippen LogP contribution in [0.5, 0.6) is 23.0 Å². The van der Waals surface area contributed by atoms with Crippen molar-refractivity contribution in [1.29, 1.82) is 0 Å². The van der Waals surface area contributed by atoms with E-state index in [4.69, 9.17) is 11.5 Å². The summed E-state index contributed by atoms with van der Waals surface area (Å²) in [6.07, 6.45) is -18.0. The molecule has 224 valence electrons. The minimum atomic E-state index is -6.10. The van der Waals surface area contributed by atoms with Crippen molar-refractivity contribution < 1.29 is 79.7 Å². The molecule has 0 unspecified atom stereocenters. The summed E-state index contributed by atoms with van der Waals surface area (Å²) in [6.45, 7) is 0. The number of alkyl halides is 9. The zero-order chi connectivity index (χ0) is 31.6. The quantitative estimate of drug-likeness (QED) is 0.174. The number of anilines is 2. The Morgan fingerprint density at radius 3 is 1.17 bits per heavy atom. The van der Waals surface area contributed by atoms with E-state index in [0.29, 0.717) is 0 Å². The Morgan fingerprint density at radius 2 is 0.829 bits per heavy atom. The predicted octanol–water partition coefficient (Wildman–Crippen LogP) is 8.47. The van der Waals surface area contributed by atoms with Crippen LogP contribution in [0.25, 0.3) is 0 Å². The van der Waals surface area contributed by atoms with Gasteiger partial charge in [-0.25, -0.2) is 30.7 Å². The van der Waals surface area contributed by atoms with Crippen molar-refractivity contribution in [3.63, 3.8) is 0 Å². The van der Waals surface area contributed by atoms with Crippen LogP contribution in [0.4, 0.5) is 81.6 Å². The van der Waals surface area contributed by atoms with Crippen LogP contribution in [0.2, 0.25) is 0 Å². The van der Waals surface area contributed by atoms with Gasteiger partial charge in [0.1, 0.15) is 33.8 Å². The van der Waals surface area contributed by atoms with Crippen LogP contribution in [-0.4, -0.2) is 0 Å². The minimum Gasteiger partial charge on any atom is -0.453 e. The minimum absolute atomic E-state index is 0.535. The standard InChI is InChI=1S/C21H6F16N2O2/c22-4-1-3(19(29,30)31)5(40-17-7(20(32,33)34)9(23)11(25)15(38)13(17)27)2-6(4)41-18-8(21(35,36)37)10(24)12(26)16(39)14(18)28/h1-2H,38-39H2. The average Bonchev–Trinajstić information content (AvgIpc) is 2.82. The van der Waals surface area contributed by atoms with Crippen LogP contribution in [0.1, 0.15) is 16.7 Å². The number of benzene rings is 3. The number of hydrogen-bond acceptors (Lipinski definition) is 4. The van der Waals surface area contributed by atoms with Gasteiger partial charge in [0.15, 0.2) is 58.0 Å². The fourth-order valence-electron chi connectivity index (χ4n) is 3.15. The van der Waals surface area contributed by atoms with Crippen LogP contribution >= 0.6 is 0 Å². The molecule has 0 amide bonds. The molecule has 0 aliphatic rings. The summed E-state index contributed by atoms with van der Waals surface area (Å²) in [6, 6.07) is -1.26. The van der Waals surface area contributed by atoms with Crippen LogP contribution in [0.15, 0.2) is 12.1 Å². The molecule has 0 atom stereocenters. The van der Waals surface area contributed by atoms with Gasteiger partial charge >= 0.3 is 18.5 Å². The number of hydrogen-bond donors (Lipinski definition) is 2. The second-order valence-corrected chi connectivity index (χ2v) is 7.60. The molecule has 0 saturated heterocycles. The second-order valence-electron chi connectivity index (χ2n) is 7.60. The lowest BCUT2D eigenvalue weighted by molar-refractivity contribution is -0.142. The molecule has 4 N–H and O–H groups in total. The molecule has 0 bridgehead atoms. The van der Waals surface area contributed by atoms with E-state index in [0.717, 1.165) is 0 Å². The number of halogens is 16. The molecule has 0 aliphatic heterocycles. The molecule has 3 aromatic rings. The summed E-state index contributed by atoms with van der Waals surface area (Å²) in [7, 11) is 0. The van der Waals surface area contributed by atoms with Crippen molar-refractivity contribution >= 4 is 11.4 Å². The van der Waals surface area contributed by atoms with E-state index < -0.39 is 122 Å². The largest absolute Gasteiger partial charge is 0.453 e. The molecule has 3 rings (SSSR count). The lowest BCUT2D eigenvalue weighted by Gasteiger charge is -2.21. The maximum Gasteiger partial charge on any atom is 0.423 e. The zero-order valence-electron chi connectivity index (χ0n) is 18.7. The van der Waals surface area contributed by atoms with Crippen molar-refractivity contribution in [2.75, 3.05) is 11.5 Å². The van der Waals surface area contributed by atoms with Crippen molar-refractivity contribution in [2.45, 2.75) is 18.5 Å². The highest BCUT2D eigenvalue weighted by atomic mass is 19.4. The highest BCUT2D eigenvalue weighted by Crippen LogP contribution is 2.49. The van der Waals surface area contributed by atoms with Gasteiger partial charge in [0.25, 0.3) is 0 Å². The lowest BCUT2D eigenvalue weighted by Crippen LogP contribution is -2.17. The van der Waals surface area contributed by atoms with Gasteiger partial charge in [-0.2, -0.15) is 39.5 Å². The van der Waals surface area contributed by atoms with Gasteiger partial charge in [0.05, 0.1) is 0 Å². The summed E-state index contributed by atoms with van der Waals surface area (Å²) in [4.78, 5) is 0. The Labute approximate surface area is 214 Å². The van der Waals surface area contributed by atoms with Gasteiger partial charge in [0.2, 0.25) is 0 Å². The number of ether oxygens (including phenoxy) is 2. The first-order chi connectivity index (χ1) is 18.5. The van der Waals surface area contributed by atoms with E-state index in [1.54, 1.807) is 0 Å². The Kier molecular flexibility index (Phi) is 7.61.